The number of methoxy groups -OCH3 is 2. The van der Waals surface area contributed by atoms with Crippen molar-refractivity contribution in [2.24, 2.45) is 0 Å². The van der Waals surface area contributed by atoms with Crippen LogP contribution in [0.25, 0.3) is 0 Å². The fraction of sp³-hybridized carbons (Fsp3) is 0.565. The lowest BCUT2D eigenvalue weighted by atomic mass is 10.1. The van der Waals surface area contributed by atoms with Gasteiger partial charge in [0.25, 0.3) is 0 Å². The van der Waals surface area contributed by atoms with Crippen LogP contribution in [-0.2, 0) is 22.6 Å². The summed E-state index contributed by atoms with van der Waals surface area (Å²) >= 11 is 0. The number of morpholine rings is 1. The molecule has 1 aliphatic rings. The van der Waals surface area contributed by atoms with Crippen molar-refractivity contribution < 1.29 is 28.5 Å². The summed E-state index contributed by atoms with van der Waals surface area (Å²) in [5.41, 5.74) is 1.10. The third kappa shape index (κ3) is 7.83. The molecule has 1 atom stereocenters. The molecule has 1 aromatic carbocycles. The van der Waals surface area contributed by atoms with E-state index >= 15 is 0 Å². The van der Waals surface area contributed by atoms with Gasteiger partial charge < -0.3 is 28.5 Å². The molecular weight excluding hydrogens is 400 g/mol. The maximum absolute atomic E-state index is 10.6. The van der Waals surface area contributed by atoms with E-state index in [1.54, 1.807) is 20.5 Å². The molecule has 1 aliphatic heterocycles. The van der Waals surface area contributed by atoms with Gasteiger partial charge in [-0.25, -0.2) is 0 Å². The first-order valence-corrected chi connectivity index (χ1v) is 10.7. The number of hydrogen-bond donors (Lipinski definition) is 1. The van der Waals surface area contributed by atoms with E-state index in [-0.39, 0.29) is 6.61 Å². The van der Waals surface area contributed by atoms with Crippen LogP contribution in [0.1, 0.15) is 11.3 Å². The highest BCUT2D eigenvalue weighted by Gasteiger charge is 2.17. The van der Waals surface area contributed by atoms with E-state index in [2.05, 4.69) is 9.80 Å². The van der Waals surface area contributed by atoms with E-state index in [9.17, 15) is 5.11 Å². The van der Waals surface area contributed by atoms with Crippen molar-refractivity contribution in [1.82, 2.24) is 9.80 Å². The number of ether oxygens (including phenoxy) is 4. The van der Waals surface area contributed by atoms with Gasteiger partial charge in [0, 0.05) is 39.3 Å². The normalized spacial score (nSPS) is 15.9. The molecule has 1 fully saturated rings. The Balaban J connectivity index is 1.56. The first-order valence-electron chi connectivity index (χ1n) is 10.7. The van der Waals surface area contributed by atoms with Gasteiger partial charge in [-0.2, -0.15) is 0 Å². The second-order valence-corrected chi connectivity index (χ2v) is 7.63. The number of nitrogens with zero attached hydrogens (tertiary/aromatic N) is 2. The molecule has 1 aromatic heterocycles. The summed E-state index contributed by atoms with van der Waals surface area (Å²) in [4.78, 5) is 4.64. The third-order valence-electron chi connectivity index (χ3n) is 5.29. The van der Waals surface area contributed by atoms with Crippen molar-refractivity contribution in [3.8, 4) is 11.5 Å². The van der Waals surface area contributed by atoms with Crippen molar-refractivity contribution in [2.75, 3.05) is 66.8 Å². The highest BCUT2D eigenvalue weighted by molar-refractivity contribution is 5.42. The van der Waals surface area contributed by atoms with Crippen LogP contribution in [0.15, 0.2) is 41.0 Å². The van der Waals surface area contributed by atoms with Crippen molar-refractivity contribution in [3.63, 3.8) is 0 Å². The van der Waals surface area contributed by atoms with Crippen LogP contribution in [0, 0.1) is 0 Å². The van der Waals surface area contributed by atoms with Gasteiger partial charge in [-0.3, -0.25) is 9.80 Å². The standard InChI is InChI=1S/C23H34N2O6/c1-27-22-6-5-19(14-23(22)28-2)15-25(8-7-24-9-12-29-13-10-24)16-20(26)17-30-18-21-4-3-11-31-21/h3-6,11,14,20,26H,7-10,12-13,15-18H2,1-2H3. The SMILES string of the molecule is COc1ccc(CN(CCN2CCOCC2)CC(O)COCc2ccco2)cc1OC. The van der Waals surface area contributed by atoms with E-state index < -0.39 is 6.10 Å². The molecule has 1 N–H and O–H groups in total. The second kappa shape index (κ2) is 12.7. The van der Waals surface area contributed by atoms with Crippen molar-refractivity contribution in [3.05, 3.63) is 47.9 Å². The zero-order valence-electron chi connectivity index (χ0n) is 18.5. The molecule has 8 nitrogen and oxygen atoms in total. The molecule has 0 amide bonds. The molecule has 0 radical (unpaired) electrons. The van der Waals surface area contributed by atoms with Crippen LogP contribution < -0.4 is 9.47 Å². The molecule has 0 bridgehead atoms. The first kappa shape index (κ1) is 23.6. The van der Waals surface area contributed by atoms with Crippen LogP contribution in [-0.4, -0.2) is 87.8 Å². The molecule has 8 heteroatoms. The number of hydrogen-bond acceptors (Lipinski definition) is 8. The lowest BCUT2D eigenvalue weighted by molar-refractivity contribution is -0.00153. The minimum absolute atomic E-state index is 0.251. The lowest BCUT2D eigenvalue weighted by Crippen LogP contribution is -2.43. The molecule has 0 aliphatic carbocycles. The van der Waals surface area contributed by atoms with E-state index in [4.69, 9.17) is 23.4 Å². The first-order chi connectivity index (χ1) is 15.2. The largest absolute Gasteiger partial charge is 0.493 e. The molecule has 1 saturated heterocycles. The summed E-state index contributed by atoms with van der Waals surface area (Å²) in [7, 11) is 3.27. The molecule has 0 spiro atoms. The Morgan fingerprint density at radius 2 is 1.94 bits per heavy atom. The van der Waals surface area contributed by atoms with Crippen LogP contribution >= 0.6 is 0 Å². The minimum atomic E-state index is -0.597. The molecular formula is C23H34N2O6. The number of aliphatic hydroxyl groups excluding tert-OH is 1. The Hall–Kier alpha value is -2.10. The summed E-state index contributed by atoms with van der Waals surface area (Å²) in [6.07, 6.45) is 1.02. The van der Waals surface area contributed by atoms with Crippen LogP contribution in [0.4, 0.5) is 0 Å². The molecule has 172 valence electrons. The predicted octanol–water partition coefficient (Wildman–Crippen LogP) is 2.01. The number of furan rings is 1. The Morgan fingerprint density at radius 1 is 1.13 bits per heavy atom. The fourth-order valence-corrected chi connectivity index (χ4v) is 3.62. The summed E-state index contributed by atoms with van der Waals surface area (Å²) in [5, 5.41) is 10.6. The maximum Gasteiger partial charge on any atom is 0.161 e. The van der Waals surface area contributed by atoms with Crippen molar-refractivity contribution in [2.45, 2.75) is 19.3 Å². The van der Waals surface area contributed by atoms with Gasteiger partial charge in [-0.15, -0.1) is 0 Å². The van der Waals surface area contributed by atoms with Crippen LogP contribution in [0.2, 0.25) is 0 Å². The van der Waals surface area contributed by atoms with E-state index in [0.717, 1.165) is 50.7 Å². The zero-order chi connectivity index (χ0) is 21.9. The Kier molecular flexibility index (Phi) is 9.64. The smallest absolute Gasteiger partial charge is 0.161 e. The average Bonchev–Trinajstić information content (AvgIpc) is 3.31. The number of rotatable bonds is 13. The molecule has 1 unspecified atom stereocenters. The lowest BCUT2D eigenvalue weighted by Gasteiger charge is -2.31. The Morgan fingerprint density at radius 3 is 2.65 bits per heavy atom. The maximum atomic E-state index is 10.6. The molecule has 2 heterocycles. The monoisotopic (exact) mass is 434 g/mol. The summed E-state index contributed by atoms with van der Waals surface area (Å²) in [6.45, 7) is 7.01. The van der Waals surface area contributed by atoms with Crippen LogP contribution in [0.3, 0.4) is 0 Å². The van der Waals surface area contributed by atoms with Crippen molar-refractivity contribution >= 4 is 0 Å². The quantitative estimate of drug-likeness (QED) is 0.513. The van der Waals surface area contributed by atoms with E-state index in [1.165, 1.54) is 0 Å². The number of aliphatic hydroxyl groups is 1. The van der Waals surface area contributed by atoms with Crippen LogP contribution in [0.5, 0.6) is 11.5 Å². The van der Waals surface area contributed by atoms with Gasteiger partial charge in [0.2, 0.25) is 0 Å². The topological polar surface area (TPSA) is 76.8 Å². The average molecular weight is 435 g/mol. The third-order valence-corrected chi connectivity index (χ3v) is 5.29. The Labute approximate surface area is 184 Å². The Bertz CT molecular complexity index is 749. The minimum Gasteiger partial charge on any atom is -0.493 e. The molecule has 3 rings (SSSR count). The summed E-state index contributed by atoms with van der Waals surface area (Å²) in [5.74, 6) is 2.16. The predicted molar refractivity (Wildman–Crippen MR) is 116 cm³/mol. The van der Waals surface area contributed by atoms with Gasteiger partial charge >= 0.3 is 0 Å². The van der Waals surface area contributed by atoms with Gasteiger partial charge in [-0.1, -0.05) is 6.07 Å². The van der Waals surface area contributed by atoms with Gasteiger partial charge in [0.05, 0.1) is 46.4 Å². The molecule has 31 heavy (non-hydrogen) atoms. The highest BCUT2D eigenvalue weighted by atomic mass is 16.5. The molecule has 0 saturated carbocycles. The summed E-state index contributed by atoms with van der Waals surface area (Å²) < 4.78 is 27.1. The van der Waals surface area contributed by atoms with Gasteiger partial charge in [0.15, 0.2) is 11.5 Å². The zero-order valence-corrected chi connectivity index (χ0v) is 18.5. The van der Waals surface area contributed by atoms with Gasteiger partial charge in [0.1, 0.15) is 12.4 Å². The molecule has 2 aromatic rings. The van der Waals surface area contributed by atoms with E-state index in [0.29, 0.717) is 31.2 Å². The fourth-order valence-electron chi connectivity index (χ4n) is 3.62. The van der Waals surface area contributed by atoms with Crippen molar-refractivity contribution in [1.29, 1.82) is 0 Å². The number of benzene rings is 1. The van der Waals surface area contributed by atoms with E-state index in [1.807, 2.05) is 30.3 Å². The second-order valence-electron chi connectivity index (χ2n) is 7.63. The highest BCUT2D eigenvalue weighted by Crippen LogP contribution is 2.28. The summed E-state index contributed by atoms with van der Waals surface area (Å²) in [6, 6.07) is 9.62. The van der Waals surface area contributed by atoms with Gasteiger partial charge in [-0.05, 0) is 29.8 Å².